The van der Waals surface area contributed by atoms with Crippen LogP contribution in [0.4, 0.5) is 0 Å². The van der Waals surface area contributed by atoms with Gasteiger partial charge >= 0.3 is 24.4 Å². The Morgan fingerprint density at radius 3 is 0.147 bits per heavy atom. The zero-order valence-electron chi connectivity index (χ0n) is 72.3. The summed E-state index contributed by atoms with van der Waals surface area (Å²) in [5.41, 5.74) is 26.8. The van der Waals surface area contributed by atoms with Gasteiger partial charge in [-0.15, -0.1) is 0 Å². The molecular weight excluding hydrogens is 1670 g/mol. The summed E-state index contributed by atoms with van der Waals surface area (Å²) >= 11 is 0. The van der Waals surface area contributed by atoms with E-state index in [1.807, 2.05) is 0 Å². The molecule has 0 atom stereocenters. The van der Waals surface area contributed by atoms with Crippen molar-refractivity contribution in [2.75, 3.05) is 0 Å². The number of benzene rings is 20. The van der Waals surface area contributed by atoms with E-state index in [-0.39, 0.29) is 40.9 Å². The quantitative estimate of drug-likeness (QED) is 0.0681. The first-order valence-electron chi connectivity index (χ1n) is 44.0. The molecular formula is C120H100B5O3Sb-6. The molecule has 0 aromatic heterocycles. The molecule has 0 aliphatic rings. The summed E-state index contributed by atoms with van der Waals surface area (Å²) < 4.78 is 0. The minimum Gasteiger partial charge on any atom is -2.00 e. The molecule has 20 aromatic carbocycles. The van der Waals surface area contributed by atoms with E-state index in [0.29, 0.717) is 0 Å². The molecule has 0 amide bonds. The fourth-order valence-corrected chi connectivity index (χ4v) is 20.6. The topological polar surface area (TPSA) is 85.5 Å². The Kier molecular flexibility index (Phi) is 33.8. The number of hydrogen-bond acceptors (Lipinski definition) is 0. The van der Waals surface area contributed by atoms with Crippen LogP contribution in [0.3, 0.4) is 0 Å². The number of rotatable bonds is 20. The van der Waals surface area contributed by atoms with Gasteiger partial charge in [-0.2, -0.15) is 109 Å². The molecule has 3 nitrogen and oxygen atoms in total. The maximum atomic E-state index is 2.26. The van der Waals surface area contributed by atoms with Crippen molar-refractivity contribution >= 4 is 164 Å². The van der Waals surface area contributed by atoms with Gasteiger partial charge in [-0.1, -0.05) is 607 Å². The maximum Gasteiger partial charge on any atom is 5.00 e. The second-order valence-electron chi connectivity index (χ2n) is 32.5. The summed E-state index contributed by atoms with van der Waals surface area (Å²) in [6.45, 7) is 0. The molecule has 0 heterocycles. The molecule has 9 heteroatoms. The van der Waals surface area contributed by atoms with Crippen LogP contribution in [0.15, 0.2) is 607 Å². The molecule has 0 radical (unpaired) electrons. The first-order valence-corrected chi connectivity index (χ1v) is 44.0. The average molecular weight is 1770 g/mol. The largest absolute Gasteiger partial charge is 5.00 e. The molecule has 0 bridgehead atoms. The molecule has 0 saturated carbocycles. The molecule has 624 valence electrons. The van der Waals surface area contributed by atoms with E-state index >= 15 is 0 Å². The monoisotopic (exact) mass is 1760 g/mol. The van der Waals surface area contributed by atoms with Gasteiger partial charge in [0.2, 0.25) is 0 Å². The van der Waals surface area contributed by atoms with Gasteiger partial charge in [-0.05, 0) is 0 Å². The summed E-state index contributed by atoms with van der Waals surface area (Å²) in [7, 11) is 0. The van der Waals surface area contributed by atoms with Crippen molar-refractivity contribution in [1.82, 2.24) is 0 Å². The van der Waals surface area contributed by atoms with Gasteiger partial charge in [0, 0.05) is 0 Å². The van der Waals surface area contributed by atoms with Gasteiger partial charge in [0.05, 0.1) is 0 Å². The summed E-state index contributed by atoms with van der Waals surface area (Å²) in [4.78, 5) is 0. The van der Waals surface area contributed by atoms with Gasteiger partial charge in [0.25, 0.3) is 0 Å². The SMILES string of the molecule is [O-2].[O-2].[O-2].[Sb+5].c1ccc([B-](c2ccccc2)(c2ccccc2)c2ccccc2)cc1.c1ccc([B-](c2ccccc2)(c2ccccc2)c2ccccc2)cc1.c1ccc([B-](c2ccccc2)(c2ccccc2)c2ccccc2)cc1.c1ccc([B-](c2ccccc2)(c2ccccc2)c2ccccc2)cc1.c1ccc([B-](c2ccccc2)(c2ccccc2)c2ccccc2)cc1. The van der Waals surface area contributed by atoms with E-state index in [9.17, 15) is 0 Å². The summed E-state index contributed by atoms with van der Waals surface area (Å²) in [5, 5.41) is 0. The Hall–Kier alpha value is -14.6. The van der Waals surface area contributed by atoms with Crippen LogP contribution in [0.5, 0.6) is 0 Å². The minimum absolute atomic E-state index is 0. The Morgan fingerprint density at radius 2 is 0.109 bits per heavy atom. The predicted molar refractivity (Wildman–Crippen MR) is 558 cm³/mol. The van der Waals surface area contributed by atoms with Crippen LogP contribution in [0.2, 0.25) is 0 Å². The molecule has 0 N–H and O–H groups in total. The van der Waals surface area contributed by atoms with Crippen LogP contribution in [0, 0.1) is 0 Å². The van der Waals surface area contributed by atoms with E-state index < -0.39 is 30.7 Å². The first-order chi connectivity index (χ1) is 62.1. The van der Waals surface area contributed by atoms with Crippen LogP contribution in [0.1, 0.15) is 0 Å². The van der Waals surface area contributed by atoms with Gasteiger partial charge in [-0.3, -0.25) is 0 Å². The Morgan fingerprint density at radius 1 is 0.0698 bits per heavy atom. The van der Waals surface area contributed by atoms with Crippen LogP contribution in [-0.2, 0) is 16.4 Å². The first kappa shape index (κ1) is 93.6. The zero-order valence-corrected chi connectivity index (χ0v) is 74.8. The Bertz CT molecular complexity index is 4740. The van der Waals surface area contributed by atoms with E-state index in [2.05, 4.69) is 607 Å². The zero-order chi connectivity index (χ0) is 84.8. The van der Waals surface area contributed by atoms with E-state index in [1.54, 1.807) is 0 Å². The second kappa shape index (κ2) is 46.6. The predicted octanol–water partition coefficient (Wildman–Crippen LogP) is 14.6. The van der Waals surface area contributed by atoms with Crippen molar-refractivity contribution in [2.45, 2.75) is 0 Å². The number of hydrogen-bond donors (Lipinski definition) is 0. The maximum absolute atomic E-state index is 2.26. The standard InChI is InChI=1S/5C24H20B.3O.Sb/c5*1-5-13-21(14-6-1)25(22-15-7-2-8-16-22,23-17-9-3-10-18-23)24-19-11-4-12-20-24;;;;/h5*1-20H;;;;/q5*-1;3*-2;+5. The van der Waals surface area contributed by atoms with Crippen molar-refractivity contribution < 1.29 is 16.4 Å². The molecule has 20 aromatic rings. The van der Waals surface area contributed by atoms with E-state index in [4.69, 9.17) is 0 Å². The van der Waals surface area contributed by atoms with Crippen LogP contribution in [-0.4, -0.2) is 55.2 Å². The molecule has 0 aliphatic heterocycles. The summed E-state index contributed by atoms with van der Waals surface area (Å²) in [5.74, 6) is 0. The molecule has 0 unspecified atom stereocenters. The van der Waals surface area contributed by atoms with E-state index in [1.165, 1.54) is 109 Å². The second-order valence-corrected chi connectivity index (χ2v) is 32.5. The van der Waals surface area contributed by atoms with Crippen LogP contribution < -0.4 is 109 Å². The van der Waals surface area contributed by atoms with Gasteiger partial charge in [0.15, 0.2) is 0 Å². The fraction of sp³-hybridized carbons (Fsp3) is 0. The van der Waals surface area contributed by atoms with Crippen molar-refractivity contribution in [3.05, 3.63) is 607 Å². The van der Waals surface area contributed by atoms with Crippen LogP contribution >= 0.6 is 0 Å². The molecule has 20 rings (SSSR count). The van der Waals surface area contributed by atoms with Crippen molar-refractivity contribution in [1.29, 1.82) is 0 Å². The third-order valence-corrected chi connectivity index (χ3v) is 26.0. The molecule has 0 fully saturated rings. The van der Waals surface area contributed by atoms with Crippen molar-refractivity contribution in [2.24, 2.45) is 0 Å². The normalized spacial score (nSPS) is 10.9. The molecule has 0 spiro atoms. The third kappa shape index (κ3) is 20.0. The van der Waals surface area contributed by atoms with Gasteiger partial charge < -0.3 is 16.4 Å². The van der Waals surface area contributed by atoms with Crippen molar-refractivity contribution in [3.63, 3.8) is 0 Å². The summed E-state index contributed by atoms with van der Waals surface area (Å²) in [6, 6.07) is 218. The molecule has 0 aliphatic carbocycles. The molecule has 129 heavy (non-hydrogen) atoms. The Labute approximate surface area is 781 Å². The van der Waals surface area contributed by atoms with Gasteiger partial charge in [0.1, 0.15) is 30.7 Å². The van der Waals surface area contributed by atoms with E-state index in [0.717, 1.165) is 0 Å². The van der Waals surface area contributed by atoms with Crippen LogP contribution in [0.25, 0.3) is 0 Å². The average Bonchev–Trinajstić information content (AvgIpc) is 0.762. The Balaban J connectivity index is 0.000000145. The third-order valence-electron chi connectivity index (χ3n) is 26.0. The van der Waals surface area contributed by atoms with Crippen molar-refractivity contribution in [3.8, 4) is 0 Å². The summed E-state index contributed by atoms with van der Waals surface area (Å²) in [6.07, 6.45) is -6.08. The smallest absolute Gasteiger partial charge is 2.00 e. The van der Waals surface area contributed by atoms with Gasteiger partial charge in [-0.25, -0.2) is 0 Å². The fourth-order valence-electron chi connectivity index (χ4n) is 20.6. The minimum atomic E-state index is -1.22. The molecule has 0 saturated heterocycles.